The molecule has 4 heteroatoms. The van der Waals surface area contributed by atoms with Crippen molar-refractivity contribution in [3.63, 3.8) is 0 Å². The summed E-state index contributed by atoms with van der Waals surface area (Å²) in [6.45, 7) is 0. The minimum atomic E-state index is 0.108. The van der Waals surface area contributed by atoms with Crippen LogP contribution in [0.4, 0.5) is 0 Å². The summed E-state index contributed by atoms with van der Waals surface area (Å²) >= 11 is 0. The van der Waals surface area contributed by atoms with Crippen LogP contribution in [0.3, 0.4) is 0 Å². The molecule has 0 aliphatic rings. The molecule has 0 aliphatic heterocycles. The second kappa shape index (κ2) is 4.41. The lowest BCUT2D eigenvalue weighted by Crippen LogP contribution is -1.96. The maximum absolute atomic E-state index is 8.69. The normalized spacial score (nSPS) is 9.50. The average molecular weight is 211 g/mol. The molecule has 2 aromatic rings. The maximum atomic E-state index is 8.69. The van der Waals surface area contributed by atoms with E-state index in [2.05, 4.69) is 9.97 Å². The van der Waals surface area contributed by atoms with Crippen LogP contribution in [0.15, 0.2) is 36.5 Å². The molecule has 0 amide bonds. The van der Waals surface area contributed by atoms with Crippen LogP contribution in [0.2, 0.25) is 0 Å². The van der Waals surface area contributed by atoms with Crippen molar-refractivity contribution in [1.82, 2.24) is 9.97 Å². The number of ether oxygens (including phenoxy) is 1. The molecule has 1 aromatic heterocycles. The van der Waals surface area contributed by atoms with Gasteiger partial charge in [0.25, 0.3) is 0 Å². The van der Waals surface area contributed by atoms with Crippen LogP contribution >= 0.6 is 0 Å². The zero-order valence-electron chi connectivity index (χ0n) is 8.71. The molecule has 78 valence electrons. The van der Waals surface area contributed by atoms with Crippen molar-refractivity contribution >= 4 is 0 Å². The number of aromatic nitrogens is 2. The highest BCUT2D eigenvalue weighted by molar-refractivity contribution is 5.67. The molecule has 0 aliphatic carbocycles. The quantitative estimate of drug-likeness (QED) is 0.762. The monoisotopic (exact) mass is 211 g/mol. The highest BCUT2D eigenvalue weighted by atomic mass is 16.5. The zero-order valence-corrected chi connectivity index (χ0v) is 8.71. The van der Waals surface area contributed by atoms with E-state index in [0.29, 0.717) is 5.88 Å². The summed E-state index contributed by atoms with van der Waals surface area (Å²) in [5.41, 5.74) is 1.74. The molecule has 0 N–H and O–H groups in total. The molecule has 0 fully saturated rings. The summed E-state index contributed by atoms with van der Waals surface area (Å²) in [5, 5.41) is 8.69. The Morgan fingerprint density at radius 2 is 2.00 bits per heavy atom. The Labute approximate surface area is 93.2 Å². The van der Waals surface area contributed by atoms with Gasteiger partial charge < -0.3 is 4.74 Å². The van der Waals surface area contributed by atoms with E-state index in [-0.39, 0.29) is 5.82 Å². The summed E-state index contributed by atoms with van der Waals surface area (Å²) in [5.74, 6) is 0.522. The van der Waals surface area contributed by atoms with Gasteiger partial charge in [0.15, 0.2) is 0 Å². The first-order chi connectivity index (χ1) is 7.85. The van der Waals surface area contributed by atoms with Gasteiger partial charge in [-0.05, 0) is 5.56 Å². The van der Waals surface area contributed by atoms with Crippen molar-refractivity contribution in [1.29, 1.82) is 5.26 Å². The standard InChI is InChI=1S/C12H9N3O/c1-16-12-10(8-14-11(7-13)15-12)9-5-3-2-4-6-9/h2-6,8H,1H3. The van der Waals surface area contributed by atoms with Gasteiger partial charge in [0, 0.05) is 6.20 Å². The summed E-state index contributed by atoms with van der Waals surface area (Å²) in [7, 11) is 1.52. The van der Waals surface area contributed by atoms with Gasteiger partial charge in [-0.15, -0.1) is 0 Å². The van der Waals surface area contributed by atoms with E-state index in [9.17, 15) is 0 Å². The van der Waals surface area contributed by atoms with E-state index in [0.717, 1.165) is 11.1 Å². The molecule has 4 nitrogen and oxygen atoms in total. The first-order valence-electron chi connectivity index (χ1n) is 4.71. The first kappa shape index (κ1) is 10.1. The minimum Gasteiger partial charge on any atom is -0.480 e. The van der Waals surface area contributed by atoms with Crippen molar-refractivity contribution in [3.05, 3.63) is 42.4 Å². The number of nitriles is 1. The van der Waals surface area contributed by atoms with Crippen LogP contribution in [-0.2, 0) is 0 Å². The number of hydrogen-bond acceptors (Lipinski definition) is 4. The van der Waals surface area contributed by atoms with E-state index < -0.39 is 0 Å². The van der Waals surface area contributed by atoms with Crippen LogP contribution < -0.4 is 4.74 Å². The Morgan fingerprint density at radius 1 is 1.25 bits per heavy atom. The van der Waals surface area contributed by atoms with Crippen LogP contribution in [-0.4, -0.2) is 17.1 Å². The molecule has 0 atom stereocenters. The van der Waals surface area contributed by atoms with E-state index >= 15 is 0 Å². The van der Waals surface area contributed by atoms with Gasteiger partial charge in [0.1, 0.15) is 6.07 Å². The van der Waals surface area contributed by atoms with Gasteiger partial charge in [-0.3, -0.25) is 0 Å². The predicted octanol–water partition coefficient (Wildman–Crippen LogP) is 2.02. The zero-order chi connectivity index (χ0) is 11.4. The van der Waals surface area contributed by atoms with E-state index in [1.165, 1.54) is 7.11 Å². The van der Waals surface area contributed by atoms with Gasteiger partial charge in [-0.2, -0.15) is 10.2 Å². The lowest BCUT2D eigenvalue weighted by atomic mass is 10.1. The molecule has 0 bridgehead atoms. The SMILES string of the molecule is COc1nc(C#N)ncc1-c1ccccc1. The fourth-order valence-electron chi connectivity index (χ4n) is 1.39. The minimum absolute atomic E-state index is 0.108. The molecule has 0 spiro atoms. The fraction of sp³-hybridized carbons (Fsp3) is 0.0833. The van der Waals surface area contributed by atoms with Gasteiger partial charge in [-0.25, -0.2) is 4.98 Å². The Hall–Kier alpha value is -2.41. The van der Waals surface area contributed by atoms with Crippen molar-refractivity contribution in [2.45, 2.75) is 0 Å². The van der Waals surface area contributed by atoms with Gasteiger partial charge >= 0.3 is 0 Å². The second-order valence-electron chi connectivity index (χ2n) is 3.09. The Morgan fingerprint density at radius 3 is 2.62 bits per heavy atom. The van der Waals surface area contributed by atoms with Crippen LogP contribution in [0.5, 0.6) is 5.88 Å². The molecule has 2 rings (SSSR count). The van der Waals surface area contributed by atoms with Gasteiger partial charge in [-0.1, -0.05) is 30.3 Å². The third-order valence-corrected chi connectivity index (χ3v) is 2.13. The van der Waals surface area contributed by atoms with Crippen LogP contribution in [0, 0.1) is 11.3 Å². The molecule has 0 saturated carbocycles. The number of hydrogen-bond donors (Lipinski definition) is 0. The summed E-state index contributed by atoms with van der Waals surface area (Å²) < 4.78 is 5.14. The first-order valence-corrected chi connectivity index (χ1v) is 4.71. The molecule has 0 unspecified atom stereocenters. The molecule has 0 radical (unpaired) electrons. The Bertz CT molecular complexity index is 532. The highest BCUT2D eigenvalue weighted by Gasteiger charge is 2.08. The predicted molar refractivity (Wildman–Crippen MR) is 58.7 cm³/mol. The average Bonchev–Trinajstić information content (AvgIpc) is 2.39. The lowest BCUT2D eigenvalue weighted by molar-refractivity contribution is 0.398. The second-order valence-corrected chi connectivity index (χ2v) is 3.09. The Kier molecular flexibility index (Phi) is 2.79. The van der Waals surface area contributed by atoms with Crippen molar-refractivity contribution in [3.8, 4) is 23.1 Å². The molecule has 0 saturated heterocycles. The van der Waals surface area contributed by atoms with Crippen molar-refractivity contribution < 1.29 is 4.74 Å². The third-order valence-electron chi connectivity index (χ3n) is 2.13. The van der Waals surface area contributed by atoms with Crippen LogP contribution in [0.25, 0.3) is 11.1 Å². The van der Waals surface area contributed by atoms with Crippen LogP contribution in [0.1, 0.15) is 5.82 Å². The van der Waals surface area contributed by atoms with E-state index in [1.54, 1.807) is 6.20 Å². The summed E-state index contributed by atoms with van der Waals surface area (Å²) in [6.07, 6.45) is 1.60. The number of rotatable bonds is 2. The molecule has 1 heterocycles. The molecule has 1 aromatic carbocycles. The molecule has 16 heavy (non-hydrogen) atoms. The number of benzene rings is 1. The topological polar surface area (TPSA) is 58.8 Å². The summed E-state index contributed by atoms with van der Waals surface area (Å²) in [6, 6.07) is 11.5. The van der Waals surface area contributed by atoms with Crippen molar-refractivity contribution in [2.24, 2.45) is 0 Å². The highest BCUT2D eigenvalue weighted by Crippen LogP contribution is 2.26. The van der Waals surface area contributed by atoms with E-state index in [1.807, 2.05) is 36.4 Å². The summed E-state index contributed by atoms with van der Waals surface area (Å²) in [4.78, 5) is 7.92. The molecular weight excluding hydrogens is 202 g/mol. The maximum Gasteiger partial charge on any atom is 0.235 e. The third kappa shape index (κ3) is 1.84. The van der Waals surface area contributed by atoms with Gasteiger partial charge in [0.2, 0.25) is 11.7 Å². The van der Waals surface area contributed by atoms with Crippen molar-refractivity contribution in [2.75, 3.05) is 7.11 Å². The molecular formula is C12H9N3O. The lowest BCUT2D eigenvalue weighted by Gasteiger charge is -2.06. The number of methoxy groups -OCH3 is 1. The number of nitrogens with zero attached hydrogens (tertiary/aromatic N) is 3. The largest absolute Gasteiger partial charge is 0.480 e. The van der Waals surface area contributed by atoms with Gasteiger partial charge in [0.05, 0.1) is 12.7 Å². The smallest absolute Gasteiger partial charge is 0.235 e. The Balaban J connectivity index is 2.54. The van der Waals surface area contributed by atoms with E-state index in [4.69, 9.17) is 10.00 Å². The fourth-order valence-corrected chi connectivity index (χ4v) is 1.39.